The predicted octanol–water partition coefficient (Wildman–Crippen LogP) is 6.12. The number of rotatable bonds is 10. The van der Waals surface area contributed by atoms with Gasteiger partial charge in [-0.05, 0) is 83.7 Å². The summed E-state index contributed by atoms with van der Waals surface area (Å²) in [6.45, 7) is 7.02. The minimum Gasteiger partial charge on any atom is -0.490 e. The lowest BCUT2D eigenvalue weighted by atomic mass is 9.97. The van der Waals surface area contributed by atoms with Crippen LogP contribution in [0.5, 0.6) is 17.2 Å². The number of aryl methyl sites for hydroxylation is 1. The SMILES string of the molecule is CCOc1ccc([C@H]2C(C(=O)OC)=CN=c3s/c(=C\c4cc(Cl)c(OCc5cccc(C)c5)c(Br)c4)c(=O)n32)cc1OCC. The molecule has 4 aromatic rings. The van der Waals surface area contributed by atoms with Crippen LogP contribution >= 0.6 is 38.9 Å². The Bertz CT molecular complexity index is 1910. The maximum absolute atomic E-state index is 13.9. The first-order valence-corrected chi connectivity index (χ1v) is 15.9. The van der Waals surface area contributed by atoms with Gasteiger partial charge in [-0.25, -0.2) is 9.79 Å². The monoisotopic (exact) mass is 696 g/mol. The van der Waals surface area contributed by atoms with E-state index in [1.54, 1.807) is 24.3 Å². The molecule has 1 aliphatic rings. The molecule has 2 heterocycles. The largest absolute Gasteiger partial charge is 0.490 e. The third-order valence-corrected chi connectivity index (χ3v) is 8.66. The molecule has 5 rings (SSSR count). The molecule has 0 saturated carbocycles. The maximum atomic E-state index is 13.9. The van der Waals surface area contributed by atoms with Crippen LogP contribution in [0.4, 0.5) is 0 Å². The van der Waals surface area contributed by atoms with Gasteiger partial charge >= 0.3 is 5.97 Å². The number of carbonyl (C=O) groups excluding carboxylic acids is 1. The lowest BCUT2D eigenvalue weighted by Gasteiger charge is -2.23. The first-order chi connectivity index (χ1) is 21.2. The van der Waals surface area contributed by atoms with E-state index in [1.165, 1.54) is 29.2 Å². The van der Waals surface area contributed by atoms with Gasteiger partial charge in [0.05, 0.1) is 46.0 Å². The number of halogens is 2. The summed E-state index contributed by atoms with van der Waals surface area (Å²) in [5.41, 5.74) is 3.42. The summed E-state index contributed by atoms with van der Waals surface area (Å²) in [6.07, 6.45) is 3.20. The van der Waals surface area contributed by atoms with E-state index >= 15 is 0 Å². The van der Waals surface area contributed by atoms with Crippen molar-refractivity contribution in [3.63, 3.8) is 0 Å². The van der Waals surface area contributed by atoms with Crippen molar-refractivity contribution in [2.45, 2.75) is 33.4 Å². The van der Waals surface area contributed by atoms with Crippen LogP contribution in [0.15, 0.2) is 80.6 Å². The molecular weight excluding hydrogens is 668 g/mol. The minimum absolute atomic E-state index is 0.221. The second-order valence-electron chi connectivity index (χ2n) is 9.84. The van der Waals surface area contributed by atoms with Crippen LogP contribution in [0.3, 0.4) is 0 Å². The van der Waals surface area contributed by atoms with E-state index in [-0.39, 0.29) is 11.1 Å². The molecule has 228 valence electrons. The summed E-state index contributed by atoms with van der Waals surface area (Å²) in [6, 6.07) is 16.2. The Balaban J connectivity index is 1.54. The van der Waals surface area contributed by atoms with Crippen LogP contribution < -0.4 is 29.1 Å². The van der Waals surface area contributed by atoms with E-state index in [1.807, 2.05) is 51.1 Å². The molecule has 0 amide bonds. The number of hydrogen-bond donors (Lipinski definition) is 0. The molecule has 0 saturated heterocycles. The van der Waals surface area contributed by atoms with Crippen LogP contribution in [0.1, 0.15) is 42.1 Å². The highest BCUT2D eigenvalue weighted by molar-refractivity contribution is 9.10. The van der Waals surface area contributed by atoms with Crippen LogP contribution in [-0.4, -0.2) is 30.9 Å². The Kier molecular flexibility index (Phi) is 9.93. The van der Waals surface area contributed by atoms with Gasteiger partial charge in [-0.2, -0.15) is 0 Å². The van der Waals surface area contributed by atoms with Crippen molar-refractivity contribution in [1.82, 2.24) is 4.57 Å². The van der Waals surface area contributed by atoms with E-state index in [4.69, 9.17) is 30.5 Å². The molecule has 8 nitrogen and oxygen atoms in total. The van der Waals surface area contributed by atoms with Crippen molar-refractivity contribution in [3.05, 3.63) is 118 Å². The number of nitrogens with zero attached hydrogens (tertiary/aromatic N) is 2. The zero-order valence-corrected chi connectivity index (χ0v) is 27.7. The molecule has 0 radical (unpaired) electrons. The van der Waals surface area contributed by atoms with E-state index < -0.39 is 12.0 Å². The number of hydrogen-bond acceptors (Lipinski definition) is 8. The Morgan fingerprint density at radius 1 is 1.07 bits per heavy atom. The number of esters is 1. The maximum Gasteiger partial charge on any atom is 0.337 e. The van der Waals surface area contributed by atoms with Crippen molar-refractivity contribution < 1.29 is 23.7 Å². The molecule has 1 aliphatic heterocycles. The summed E-state index contributed by atoms with van der Waals surface area (Å²) in [4.78, 5) is 31.7. The van der Waals surface area contributed by atoms with Gasteiger partial charge in [-0.15, -0.1) is 0 Å². The predicted molar refractivity (Wildman–Crippen MR) is 175 cm³/mol. The highest BCUT2D eigenvalue weighted by atomic mass is 79.9. The summed E-state index contributed by atoms with van der Waals surface area (Å²) < 4.78 is 25.2. The van der Waals surface area contributed by atoms with Crippen molar-refractivity contribution in [2.24, 2.45) is 4.99 Å². The number of fused-ring (bicyclic) bond motifs is 1. The Labute approximate surface area is 272 Å². The number of aromatic nitrogens is 1. The molecule has 0 spiro atoms. The van der Waals surface area contributed by atoms with Gasteiger partial charge in [0.25, 0.3) is 5.56 Å². The molecule has 0 bridgehead atoms. The Hall–Kier alpha value is -3.86. The lowest BCUT2D eigenvalue weighted by Crippen LogP contribution is -2.39. The van der Waals surface area contributed by atoms with Crippen molar-refractivity contribution in [2.75, 3.05) is 20.3 Å². The van der Waals surface area contributed by atoms with Gasteiger partial charge in [-0.1, -0.05) is 58.8 Å². The van der Waals surface area contributed by atoms with E-state index in [0.29, 0.717) is 67.0 Å². The van der Waals surface area contributed by atoms with E-state index in [0.717, 1.165) is 11.1 Å². The summed E-state index contributed by atoms with van der Waals surface area (Å²) in [7, 11) is 1.30. The van der Waals surface area contributed by atoms with Crippen LogP contribution in [0.2, 0.25) is 5.02 Å². The number of carbonyl (C=O) groups is 1. The van der Waals surface area contributed by atoms with Crippen LogP contribution in [0.25, 0.3) is 6.08 Å². The highest BCUT2D eigenvalue weighted by Crippen LogP contribution is 2.36. The molecule has 3 aromatic carbocycles. The Morgan fingerprint density at radius 3 is 2.55 bits per heavy atom. The third-order valence-electron chi connectivity index (χ3n) is 6.79. The van der Waals surface area contributed by atoms with Crippen molar-refractivity contribution >= 4 is 50.9 Å². The molecule has 1 aromatic heterocycles. The molecule has 11 heteroatoms. The van der Waals surface area contributed by atoms with E-state index in [9.17, 15) is 9.59 Å². The third kappa shape index (κ3) is 6.62. The number of benzene rings is 3. The molecule has 0 aliphatic carbocycles. The fourth-order valence-electron chi connectivity index (χ4n) is 4.90. The summed E-state index contributed by atoms with van der Waals surface area (Å²) in [5.74, 6) is 1.01. The number of thiazole rings is 1. The number of ether oxygens (including phenoxy) is 4. The van der Waals surface area contributed by atoms with Gasteiger partial charge in [0.2, 0.25) is 0 Å². The standard InChI is InChI=1S/C33H30BrClN2O6S/c1-5-41-26-11-10-22(16-27(26)42-6-2)29-23(32(39)40-4)17-36-33-37(29)31(38)28(44-33)15-21-13-24(34)30(25(35)14-21)43-18-20-9-7-8-19(3)12-20/h7-17,29H,5-6,18H2,1-4H3/b28-15-/t29-/m0/s1. The fourth-order valence-corrected chi connectivity index (χ4v) is 6.86. The molecule has 0 N–H and O–H groups in total. The van der Waals surface area contributed by atoms with Crippen molar-refractivity contribution in [3.8, 4) is 17.2 Å². The minimum atomic E-state index is -0.788. The second-order valence-corrected chi connectivity index (χ2v) is 12.1. The van der Waals surface area contributed by atoms with Gasteiger partial charge in [0, 0.05) is 6.20 Å². The van der Waals surface area contributed by atoms with Crippen LogP contribution in [-0.2, 0) is 16.1 Å². The second kappa shape index (κ2) is 13.8. The Morgan fingerprint density at radius 2 is 1.84 bits per heavy atom. The van der Waals surface area contributed by atoms with Crippen molar-refractivity contribution in [1.29, 1.82) is 0 Å². The van der Waals surface area contributed by atoms with Crippen LogP contribution in [0, 0.1) is 6.92 Å². The summed E-state index contributed by atoms with van der Waals surface area (Å²) >= 11 is 11.4. The average molecular weight is 698 g/mol. The highest BCUT2D eigenvalue weighted by Gasteiger charge is 2.31. The molecular formula is C33H30BrClN2O6S. The average Bonchev–Trinajstić information content (AvgIpc) is 3.31. The fraction of sp³-hybridized carbons (Fsp3) is 0.242. The first kappa shape index (κ1) is 31.6. The van der Waals surface area contributed by atoms with E-state index in [2.05, 4.69) is 27.0 Å². The molecule has 0 unspecified atom stereocenters. The molecule has 0 fully saturated rings. The quantitative estimate of drug-likeness (QED) is 0.186. The zero-order valence-electron chi connectivity index (χ0n) is 24.6. The first-order valence-electron chi connectivity index (χ1n) is 13.9. The molecule has 1 atom stereocenters. The normalized spacial score (nSPS) is 14.4. The topological polar surface area (TPSA) is 88.4 Å². The van der Waals surface area contributed by atoms with Gasteiger partial charge in [0.15, 0.2) is 22.0 Å². The van der Waals surface area contributed by atoms with Gasteiger partial charge < -0.3 is 18.9 Å². The van der Waals surface area contributed by atoms with Gasteiger partial charge in [0.1, 0.15) is 6.61 Å². The molecule has 44 heavy (non-hydrogen) atoms. The summed E-state index contributed by atoms with van der Waals surface area (Å²) in [5, 5.41) is 0.398. The smallest absolute Gasteiger partial charge is 0.337 e. The lowest BCUT2D eigenvalue weighted by molar-refractivity contribution is -0.136. The zero-order chi connectivity index (χ0) is 31.4. The number of methoxy groups -OCH3 is 1. The van der Waals surface area contributed by atoms with Gasteiger partial charge in [-0.3, -0.25) is 9.36 Å².